The number of rotatable bonds is 3. The highest BCUT2D eigenvalue weighted by Crippen LogP contribution is 2.31. The Hall–Kier alpha value is -1.74. The second kappa shape index (κ2) is 5.71. The summed E-state index contributed by atoms with van der Waals surface area (Å²) in [5.41, 5.74) is 1.86. The lowest BCUT2D eigenvalue weighted by atomic mass is 9.88. The number of halogens is 2. The van der Waals surface area contributed by atoms with Gasteiger partial charge in [-0.25, -0.2) is 8.78 Å². The lowest BCUT2D eigenvalue weighted by molar-refractivity contribution is 0.507. The van der Waals surface area contributed by atoms with Crippen LogP contribution >= 0.6 is 0 Å². The minimum Gasteiger partial charge on any atom is -0.313 e. The zero-order valence-electron chi connectivity index (χ0n) is 11.2. The van der Waals surface area contributed by atoms with Crippen LogP contribution in [0.1, 0.15) is 23.5 Å². The van der Waals surface area contributed by atoms with E-state index in [1.807, 2.05) is 18.2 Å². The van der Waals surface area contributed by atoms with Crippen molar-refractivity contribution in [3.8, 4) is 0 Å². The molecule has 0 radical (unpaired) electrons. The first kappa shape index (κ1) is 13.3. The molecule has 1 saturated heterocycles. The van der Waals surface area contributed by atoms with Gasteiger partial charge in [0.05, 0.1) is 0 Å². The summed E-state index contributed by atoms with van der Waals surface area (Å²) < 4.78 is 27.0. The van der Waals surface area contributed by atoms with E-state index in [0.717, 1.165) is 25.5 Å². The maximum Gasteiger partial charge on any atom is 0.129 e. The normalized spacial score (nSPS) is 22.1. The Kier molecular flexibility index (Phi) is 3.79. The van der Waals surface area contributed by atoms with Gasteiger partial charge in [-0.1, -0.05) is 36.4 Å². The van der Waals surface area contributed by atoms with Crippen LogP contribution in [0.2, 0.25) is 0 Å². The maximum absolute atomic E-state index is 13.9. The first-order valence-corrected chi connectivity index (χ1v) is 6.96. The van der Waals surface area contributed by atoms with Gasteiger partial charge in [-0.2, -0.15) is 0 Å². The van der Waals surface area contributed by atoms with E-state index < -0.39 is 11.6 Å². The van der Waals surface area contributed by atoms with Gasteiger partial charge in [0.1, 0.15) is 11.6 Å². The van der Waals surface area contributed by atoms with Crippen molar-refractivity contribution in [3.05, 3.63) is 71.3 Å². The topological polar surface area (TPSA) is 12.0 Å². The summed E-state index contributed by atoms with van der Waals surface area (Å²) in [5.74, 6) is -0.843. The fraction of sp³-hybridized carbons (Fsp3) is 0.294. The predicted octanol–water partition coefficient (Wildman–Crippen LogP) is 3.65. The summed E-state index contributed by atoms with van der Waals surface area (Å²) in [6, 6.07) is 14.3. The molecule has 1 aliphatic heterocycles. The number of nitrogens with one attached hydrogen (secondary N) is 1. The minimum absolute atomic E-state index is 0.107. The fourth-order valence-corrected chi connectivity index (χ4v) is 3.02. The van der Waals surface area contributed by atoms with Crippen LogP contribution in [0.4, 0.5) is 8.78 Å². The average molecular weight is 273 g/mol. The van der Waals surface area contributed by atoms with Crippen molar-refractivity contribution >= 4 is 0 Å². The Morgan fingerprint density at radius 2 is 1.85 bits per heavy atom. The molecule has 0 saturated carbocycles. The number of hydrogen-bond acceptors (Lipinski definition) is 1. The summed E-state index contributed by atoms with van der Waals surface area (Å²) in [5, 5.41) is 3.44. The van der Waals surface area contributed by atoms with Crippen LogP contribution in [0.5, 0.6) is 0 Å². The Morgan fingerprint density at radius 1 is 1.05 bits per heavy atom. The van der Waals surface area contributed by atoms with Gasteiger partial charge >= 0.3 is 0 Å². The van der Waals surface area contributed by atoms with Gasteiger partial charge in [-0.3, -0.25) is 0 Å². The van der Waals surface area contributed by atoms with Crippen LogP contribution in [0.3, 0.4) is 0 Å². The summed E-state index contributed by atoms with van der Waals surface area (Å²) in [4.78, 5) is 0. The molecule has 0 amide bonds. The summed E-state index contributed by atoms with van der Waals surface area (Å²) in [6.07, 6.45) is 1.75. The van der Waals surface area contributed by atoms with Crippen molar-refractivity contribution in [1.82, 2.24) is 5.32 Å². The second-order valence-electron chi connectivity index (χ2n) is 5.31. The number of hydrogen-bond donors (Lipinski definition) is 1. The van der Waals surface area contributed by atoms with Crippen molar-refractivity contribution in [1.29, 1.82) is 0 Å². The van der Waals surface area contributed by atoms with Crippen molar-refractivity contribution in [2.75, 3.05) is 6.54 Å². The summed E-state index contributed by atoms with van der Waals surface area (Å²) >= 11 is 0. The Morgan fingerprint density at radius 3 is 2.60 bits per heavy atom. The molecule has 2 atom stereocenters. The third kappa shape index (κ3) is 2.73. The van der Waals surface area contributed by atoms with E-state index in [2.05, 4.69) is 17.4 Å². The van der Waals surface area contributed by atoms with Crippen molar-refractivity contribution in [2.45, 2.75) is 24.8 Å². The highest BCUT2D eigenvalue weighted by molar-refractivity contribution is 5.27. The van der Waals surface area contributed by atoms with Crippen molar-refractivity contribution in [3.63, 3.8) is 0 Å². The molecule has 104 valence electrons. The molecule has 0 bridgehead atoms. The summed E-state index contributed by atoms with van der Waals surface area (Å²) in [6.45, 7) is 0.874. The third-order valence-corrected chi connectivity index (χ3v) is 4.01. The van der Waals surface area contributed by atoms with Crippen LogP contribution < -0.4 is 5.32 Å². The molecular weight excluding hydrogens is 256 g/mol. The first-order chi connectivity index (χ1) is 9.74. The molecule has 2 aromatic rings. The molecule has 3 heteroatoms. The monoisotopic (exact) mass is 273 g/mol. The van der Waals surface area contributed by atoms with Gasteiger partial charge < -0.3 is 5.32 Å². The van der Waals surface area contributed by atoms with E-state index in [0.29, 0.717) is 5.56 Å². The van der Waals surface area contributed by atoms with Gasteiger partial charge in [0.25, 0.3) is 0 Å². The van der Waals surface area contributed by atoms with E-state index in [-0.39, 0.29) is 12.0 Å². The molecule has 1 nitrogen and oxygen atoms in total. The van der Waals surface area contributed by atoms with E-state index in [4.69, 9.17) is 0 Å². The highest BCUT2D eigenvalue weighted by Gasteiger charge is 2.30. The quantitative estimate of drug-likeness (QED) is 0.900. The van der Waals surface area contributed by atoms with E-state index >= 15 is 0 Å². The first-order valence-electron chi connectivity index (χ1n) is 6.96. The van der Waals surface area contributed by atoms with Crippen molar-refractivity contribution in [2.24, 2.45) is 0 Å². The molecule has 0 spiro atoms. The van der Waals surface area contributed by atoms with Gasteiger partial charge in [0.2, 0.25) is 0 Å². The Bertz CT molecular complexity index is 583. The molecule has 20 heavy (non-hydrogen) atoms. The smallest absolute Gasteiger partial charge is 0.129 e. The van der Waals surface area contributed by atoms with E-state index in [1.54, 1.807) is 6.07 Å². The van der Waals surface area contributed by atoms with E-state index in [9.17, 15) is 8.78 Å². The second-order valence-corrected chi connectivity index (χ2v) is 5.31. The Balaban J connectivity index is 1.82. The fourth-order valence-electron chi connectivity index (χ4n) is 3.02. The van der Waals surface area contributed by atoms with Crippen LogP contribution in [-0.4, -0.2) is 12.6 Å². The van der Waals surface area contributed by atoms with Gasteiger partial charge in [0, 0.05) is 18.0 Å². The largest absolute Gasteiger partial charge is 0.313 e. The molecule has 0 aromatic heterocycles. The molecule has 1 fully saturated rings. The lowest BCUT2D eigenvalue weighted by Crippen LogP contribution is -2.28. The maximum atomic E-state index is 13.9. The van der Waals surface area contributed by atoms with Crippen LogP contribution in [0, 0.1) is 11.6 Å². The zero-order valence-corrected chi connectivity index (χ0v) is 11.2. The lowest BCUT2D eigenvalue weighted by Gasteiger charge is -2.20. The molecular formula is C17H17F2N. The SMILES string of the molecule is Fc1ccc(C2CCNC2Cc2ccccc2)c(F)c1. The third-order valence-electron chi connectivity index (χ3n) is 4.01. The highest BCUT2D eigenvalue weighted by atomic mass is 19.1. The van der Waals surface area contributed by atoms with Gasteiger partial charge in [-0.05, 0) is 36.6 Å². The van der Waals surface area contributed by atoms with Gasteiger partial charge in [-0.15, -0.1) is 0 Å². The van der Waals surface area contributed by atoms with Crippen molar-refractivity contribution < 1.29 is 8.78 Å². The molecule has 2 unspecified atom stereocenters. The molecule has 3 rings (SSSR count). The average Bonchev–Trinajstić information content (AvgIpc) is 2.88. The van der Waals surface area contributed by atoms with Crippen LogP contribution in [-0.2, 0) is 6.42 Å². The predicted molar refractivity (Wildman–Crippen MR) is 75.7 cm³/mol. The molecule has 1 aliphatic rings. The number of benzene rings is 2. The minimum atomic E-state index is -0.517. The molecule has 1 heterocycles. The molecule has 0 aliphatic carbocycles. The van der Waals surface area contributed by atoms with E-state index in [1.165, 1.54) is 11.6 Å². The Labute approximate surface area is 117 Å². The summed E-state index contributed by atoms with van der Waals surface area (Å²) in [7, 11) is 0. The zero-order chi connectivity index (χ0) is 13.9. The van der Waals surface area contributed by atoms with Crippen LogP contribution in [0.15, 0.2) is 48.5 Å². The van der Waals surface area contributed by atoms with Gasteiger partial charge in [0.15, 0.2) is 0 Å². The van der Waals surface area contributed by atoms with Crippen LogP contribution in [0.25, 0.3) is 0 Å². The molecule has 2 aromatic carbocycles. The standard InChI is InChI=1S/C17H17F2N/c18-13-6-7-14(16(19)11-13)15-8-9-20-17(15)10-12-4-2-1-3-5-12/h1-7,11,15,17,20H,8-10H2. The molecule has 1 N–H and O–H groups in total.